The molecule has 2 N–H and O–H groups in total. The van der Waals surface area contributed by atoms with Crippen LogP contribution in [0.3, 0.4) is 0 Å². The van der Waals surface area contributed by atoms with Gasteiger partial charge in [0.25, 0.3) is 0 Å². The molecule has 0 saturated heterocycles. The Bertz CT molecular complexity index is 584. The highest BCUT2D eigenvalue weighted by Gasteiger charge is 2.55. The number of amides is 1. The van der Waals surface area contributed by atoms with E-state index < -0.39 is 37.3 Å². The summed E-state index contributed by atoms with van der Waals surface area (Å²) in [4.78, 5) is 12.7. The molecule has 3 atom stereocenters. The van der Waals surface area contributed by atoms with E-state index in [-0.39, 0.29) is 5.04 Å². The fourth-order valence-electron chi connectivity index (χ4n) is 2.81. The second-order valence-corrected chi connectivity index (χ2v) is 15.1. The fraction of sp³-hybridized carbons (Fsp3) is 0.773. The molecule has 0 fully saturated rings. The number of hydrogen-bond acceptors (Lipinski definition) is 4. The van der Waals surface area contributed by atoms with E-state index in [1.54, 1.807) is 40.7 Å². The van der Waals surface area contributed by atoms with Gasteiger partial charge >= 0.3 is 6.09 Å². The zero-order chi connectivity index (χ0) is 22.8. The van der Waals surface area contributed by atoms with Crippen LogP contribution in [0.25, 0.3) is 0 Å². The van der Waals surface area contributed by atoms with Crippen LogP contribution >= 0.6 is 0 Å². The van der Waals surface area contributed by atoms with E-state index in [2.05, 4.69) is 52.3 Å². The Morgan fingerprint density at radius 2 is 1.64 bits per heavy atom. The lowest BCUT2D eigenvalue weighted by atomic mass is 9.71. The molecule has 0 aromatic heterocycles. The third kappa shape index (κ3) is 5.94. The summed E-state index contributed by atoms with van der Waals surface area (Å²) in [5.74, 6) is 0. The van der Waals surface area contributed by atoms with Crippen molar-refractivity contribution in [1.29, 1.82) is 0 Å². The molecule has 0 aliphatic carbocycles. The smallest absolute Gasteiger partial charge is 0.408 e. The minimum absolute atomic E-state index is 0.0469. The van der Waals surface area contributed by atoms with Crippen molar-refractivity contribution < 1.29 is 19.1 Å². The van der Waals surface area contributed by atoms with Crippen molar-refractivity contribution in [3.63, 3.8) is 0 Å². The monoisotopic (exact) mass is 413 g/mol. The van der Waals surface area contributed by atoms with Crippen LogP contribution in [-0.2, 0) is 9.16 Å². The predicted molar refractivity (Wildman–Crippen MR) is 120 cm³/mol. The van der Waals surface area contributed by atoms with Gasteiger partial charge in [-0.3, -0.25) is 0 Å². The van der Waals surface area contributed by atoms with Crippen molar-refractivity contribution >= 4 is 14.4 Å². The molecule has 0 aliphatic heterocycles. The Balaban J connectivity index is 6.37. The third-order valence-corrected chi connectivity index (χ3v) is 10.4. The molecule has 0 spiro atoms. The van der Waals surface area contributed by atoms with Gasteiger partial charge in [0.05, 0.1) is 6.10 Å². The molecule has 0 saturated carbocycles. The third-order valence-electron chi connectivity index (χ3n) is 5.91. The van der Waals surface area contributed by atoms with Crippen LogP contribution in [0.1, 0.15) is 68.7 Å². The van der Waals surface area contributed by atoms with Gasteiger partial charge in [-0.05, 0) is 64.7 Å². The zero-order valence-corrected chi connectivity index (χ0v) is 20.9. The summed E-state index contributed by atoms with van der Waals surface area (Å²) >= 11 is 0. The van der Waals surface area contributed by atoms with Gasteiger partial charge in [0.2, 0.25) is 0 Å². The predicted octanol–water partition coefficient (Wildman–Crippen LogP) is 5.56. The first-order valence-electron chi connectivity index (χ1n) is 9.97. The maximum atomic E-state index is 12.7. The molecule has 28 heavy (non-hydrogen) atoms. The summed E-state index contributed by atoms with van der Waals surface area (Å²) in [5, 5.41) is 14.4. The number of rotatable bonds is 8. The molecule has 0 radical (unpaired) electrons. The second-order valence-electron chi connectivity index (χ2n) is 10.3. The van der Waals surface area contributed by atoms with Crippen LogP contribution in [0.4, 0.5) is 4.79 Å². The largest absolute Gasteiger partial charge is 0.444 e. The number of aliphatic hydroxyl groups is 1. The lowest BCUT2D eigenvalue weighted by Gasteiger charge is -2.52. The molecule has 164 valence electrons. The second kappa shape index (κ2) is 8.72. The highest BCUT2D eigenvalue weighted by Crippen LogP contribution is 2.42. The molecule has 0 rings (SSSR count). The van der Waals surface area contributed by atoms with Crippen LogP contribution in [0.5, 0.6) is 0 Å². The van der Waals surface area contributed by atoms with Crippen molar-refractivity contribution in [2.45, 2.75) is 110 Å². The lowest BCUT2D eigenvalue weighted by Crippen LogP contribution is -2.71. The minimum Gasteiger partial charge on any atom is -0.444 e. The number of ether oxygens (including phenoxy) is 1. The quantitative estimate of drug-likeness (QED) is 0.403. The van der Waals surface area contributed by atoms with E-state index >= 15 is 0 Å². The number of carbonyl (C=O) groups excluding carboxylic acids is 1. The van der Waals surface area contributed by atoms with Crippen LogP contribution in [0.2, 0.25) is 18.1 Å². The maximum absolute atomic E-state index is 12.7. The Morgan fingerprint density at radius 1 is 1.18 bits per heavy atom. The zero-order valence-electron chi connectivity index (χ0n) is 19.9. The van der Waals surface area contributed by atoms with Gasteiger partial charge in [-0.2, -0.15) is 0 Å². The molecular formula is C22H43NO4Si. The summed E-state index contributed by atoms with van der Waals surface area (Å²) in [6, 6.07) is 0. The van der Waals surface area contributed by atoms with Gasteiger partial charge in [0.1, 0.15) is 16.7 Å². The summed E-state index contributed by atoms with van der Waals surface area (Å²) in [6.45, 7) is 29.3. The molecule has 0 heterocycles. The van der Waals surface area contributed by atoms with Crippen LogP contribution < -0.4 is 5.32 Å². The number of nitrogens with one attached hydrogen (secondary N) is 1. The lowest BCUT2D eigenvalue weighted by molar-refractivity contribution is -0.0608. The number of hydrogen-bond donors (Lipinski definition) is 2. The maximum Gasteiger partial charge on any atom is 0.408 e. The molecule has 0 unspecified atom stereocenters. The highest BCUT2D eigenvalue weighted by molar-refractivity contribution is 6.74. The van der Waals surface area contributed by atoms with E-state index in [0.29, 0.717) is 12.0 Å². The van der Waals surface area contributed by atoms with E-state index in [0.717, 1.165) is 0 Å². The normalized spacial score (nSPS) is 18.4. The average Bonchev–Trinajstić information content (AvgIpc) is 2.47. The Morgan fingerprint density at radius 3 is 1.93 bits per heavy atom. The molecule has 0 aromatic rings. The standard InChI is InChI=1S/C22H43NO4Si/c1-14-17(27-28(12,13)20(8,9)10)22(15-2,21(11,25)16(3)4)23-18(24)26-19(5,6)7/h14,17,25H,1,3,15H2,2,4-13H3,(H,23,24)/t17-,21-,22+/m1/s1. The van der Waals surface area contributed by atoms with Crippen molar-refractivity contribution in [2.24, 2.45) is 0 Å². The van der Waals surface area contributed by atoms with Crippen molar-refractivity contribution in [2.75, 3.05) is 0 Å². The topological polar surface area (TPSA) is 67.8 Å². The first-order valence-corrected chi connectivity index (χ1v) is 12.9. The summed E-state index contributed by atoms with van der Waals surface area (Å²) in [6.07, 6.45) is 0.829. The van der Waals surface area contributed by atoms with Crippen molar-refractivity contribution in [3.05, 3.63) is 24.8 Å². The fourth-order valence-corrected chi connectivity index (χ4v) is 4.10. The van der Waals surface area contributed by atoms with Gasteiger partial charge in [0, 0.05) is 0 Å². The van der Waals surface area contributed by atoms with Crippen LogP contribution in [0, 0.1) is 0 Å². The first kappa shape index (κ1) is 26.9. The van der Waals surface area contributed by atoms with E-state index in [9.17, 15) is 9.90 Å². The summed E-state index contributed by atoms with van der Waals surface area (Å²) in [5.41, 5.74) is -2.77. The SMILES string of the molecule is C=C[C@@H](O[Si](C)(C)C(C)(C)C)[C@](CC)(NC(=O)OC(C)(C)C)[C@](C)(O)C(=C)C. The molecule has 0 aliphatic rings. The van der Waals surface area contributed by atoms with Gasteiger partial charge in [-0.1, -0.05) is 40.3 Å². The first-order chi connectivity index (χ1) is 12.3. The Kier molecular flexibility index (Phi) is 8.37. The molecular weight excluding hydrogens is 370 g/mol. The summed E-state index contributed by atoms with van der Waals surface area (Å²) in [7, 11) is -2.23. The van der Waals surface area contributed by atoms with E-state index in [1.807, 2.05) is 6.92 Å². The Hall–Kier alpha value is -1.11. The van der Waals surface area contributed by atoms with E-state index in [1.165, 1.54) is 0 Å². The van der Waals surface area contributed by atoms with Crippen molar-refractivity contribution in [1.82, 2.24) is 5.32 Å². The molecule has 0 bridgehead atoms. The van der Waals surface area contributed by atoms with Gasteiger partial charge < -0.3 is 19.6 Å². The molecule has 5 nitrogen and oxygen atoms in total. The van der Waals surface area contributed by atoms with Gasteiger partial charge in [-0.15, -0.1) is 6.58 Å². The molecule has 1 amide bonds. The van der Waals surface area contributed by atoms with Crippen LogP contribution in [0.15, 0.2) is 24.8 Å². The Labute approximate surface area is 173 Å². The molecule has 6 heteroatoms. The van der Waals surface area contributed by atoms with E-state index in [4.69, 9.17) is 9.16 Å². The highest BCUT2D eigenvalue weighted by atomic mass is 28.4. The molecule has 0 aromatic carbocycles. The summed E-state index contributed by atoms with van der Waals surface area (Å²) < 4.78 is 12.1. The van der Waals surface area contributed by atoms with Gasteiger partial charge in [-0.25, -0.2) is 4.79 Å². The van der Waals surface area contributed by atoms with Crippen LogP contribution in [-0.4, -0.2) is 42.4 Å². The van der Waals surface area contributed by atoms with Gasteiger partial charge in [0.15, 0.2) is 8.32 Å². The minimum atomic E-state index is -2.23. The number of alkyl carbamates (subject to hydrolysis) is 1. The number of carbonyl (C=O) groups is 1. The van der Waals surface area contributed by atoms with Crippen molar-refractivity contribution in [3.8, 4) is 0 Å². The average molecular weight is 414 g/mol.